The molecule has 1 unspecified atom stereocenters. The van der Waals surface area contributed by atoms with Gasteiger partial charge in [0.15, 0.2) is 6.61 Å². The van der Waals surface area contributed by atoms with Crippen LogP contribution in [0.5, 0.6) is 5.75 Å². The van der Waals surface area contributed by atoms with Gasteiger partial charge in [-0.1, -0.05) is 18.2 Å². The molecule has 2 heterocycles. The second-order valence-electron chi connectivity index (χ2n) is 5.16. The summed E-state index contributed by atoms with van der Waals surface area (Å²) in [5.74, 6) is -0.0993. The SMILES string of the molecule is COC(=O)C1=CCS[C@@H]2C(NC(=O)COc3ccccc3)C(=O)N12. The number of fused-ring (bicyclic) bond motifs is 1. The number of hydrogen-bond donors (Lipinski definition) is 1. The highest BCUT2D eigenvalue weighted by atomic mass is 32.2. The summed E-state index contributed by atoms with van der Waals surface area (Å²) >= 11 is 1.48. The van der Waals surface area contributed by atoms with E-state index in [-0.39, 0.29) is 29.5 Å². The van der Waals surface area contributed by atoms with Crippen LogP contribution in [0, 0.1) is 0 Å². The van der Waals surface area contributed by atoms with Crippen LogP contribution in [0.15, 0.2) is 42.1 Å². The molecule has 1 N–H and O–H groups in total. The molecule has 2 amide bonds. The van der Waals surface area contributed by atoms with Crippen molar-refractivity contribution in [3.63, 3.8) is 0 Å². The molecular weight excluding hydrogens is 332 g/mol. The predicted molar refractivity (Wildman–Crippen MR) is 87.1 cm³/mol. The number of thioether (sulfide) groups is 1. The van der Waals surface area contributed by atoms with E-state index in [0.29, 0.717) is 11.5 Å². The van der Waals surface area contributed by atoms with Crippen molar-refractivity contribution < 1.29 is 23.9 Å². The van der Waals surface area contributed by atoms with E-state index in [4.69, 9.17) is 4.74 Å². The zero-order valence-electron chi connectivity index (χ0n) is 12.9. The van der Waals surface area contributed by atoms with Crippen molar-refractivity contribution in [1.82, 2.24) is 10.2 Å². The van der Waals surface area contributed by atoms with Crippen LogP contribution in [0.2, 0.25) is 0 Å². The number of carbonyl (C=O) groups excluding carboxylic acids is 3. The van der Waals surface area contributed by atoms with Gasteiger partial charge in [-0.05, 0) is 18.2 Å². The van der Waals surface area contributed by atoms with Crippen molar-refractivity contribution in [2.24, 2.45) is 0 Å². The standard InChI is InChI=1S/C16H16N2O5S/c1-22-16(21)11-7-8-24-15-13(14(20)18(11)15)17-12(19)9-23-10-5-3-2-4-6-10/h2-7,13,15H,8-9H2,1H3,(H,17,19)/t13?,15-/m1/s1. The number of para-hydroxylation sites is 1. The fourth-order valence-electron chi connectivity index (χ4n) is 2.51. The van der Waals surface area contributed by atoms with Crippen molar-refractivity contribution >= 4 is 29.5 Å². The molecule has 0 spiro atoms. The van der Waals surface area contributed by atoms with Gasteiger partial charge < -0.3 is 14.8 Å². The first kappa shape index (κ1) is 16.4. The van der Waals surface area contributed by atoms with Gasteiger partial charge in [0.05, 0.1) is 7.11 Å². The topological polar surface area (TPSA) is 84.9 Å². The van der Waals surface area contributed by atoms with Crippen molar-refractivity contribution in [3.8, 4) is 5.75 Å². The normalized spacial score (nSPS) is 22.0. The van der Waals surface area contributed by atoms with Gasteiger partial charge in [0.1, 0.15) is 22.9 Å². The van der Waals surface area contributed by atoms with E-state index in [0.717, 1.165) is 0 Å². The lowest BCUT2D eigenvalue weighted by Crippen LogP contribution is -2.70. The molecule has 1 fully saturated rings. The van der Waals surface area contributed by atoms with Gasteiger partial charge in [-0.25, -0.2) is 4.79 Å². The number of β-lactam (4-membered cyclic amide) rings is 1. The number of ether oxygens (including phenoxy) is 2. The summed E-state index contributed by atoms with van der Waals surface area (Å²) in [5, 5.41) is 2.36. The van der Waals surface area contributed by atoms with Gasteiger partial charge in [0.25, 0.3) is 11.8 Å². The lowest BCUT2D eigenvalue weighted by Gasteiger charge is -2.48. The van der Waals surface area contributed by atoms with Crippen LogP contribution >= 0.6 is 11.8 Å². The summed E-state index contributed by atoms with van der Waals surface area (Å²) < 4.78 is 10.0. The summed E-state index contributed by atoms with van der Waals surface area (Å²) in [7, 11) is 1.27. The van der Waals surface area contributed by atoms with Gasteiger partial charge in [0.2, 0.25) is 0 Å². The highest BCUT2D eigenvalue weighted by molar-refractivity contribution is 8.00. The third-order valence-electron chi connectivity index (χ3n) is 3.67. The second-order valence-corrected chi connectivity index (χ2v) is 6.31. The van der Waals surface area contributed by atoms with E-state index in [1.165, 1.54) is 23.8 Å². The maximum atomic E-state index is 12.2. The lowest BCUT2D eigenvalue weighted by atomic mass is 10.1. The van der Waals surface area contributed by atoms with E-state index < -0.39 is 12.0 Å². The molecule has 2 aliphatic heterocycles. The minimum absolute atomic E-state index is 0.176. The lowest BCUT2D eigenvalue weighted by molar-refractivity contribution is -0.151. The maximum absolute atomic E-state index is 12.2. The van der Waals surface area contributed by atoms with Gasteiger partial charge in [-0.15, -0.1) is 11.8 Å². The zero-order valence-corrected chi connectivity index (χ0v) is 13.7. The van der Waals surface area contributed by atoms with Crippen LogP contribution in [-0.4, -0.2) is 53.6 Å². The molecule has 0 saturated carbocycles. The summed E-state index contributed by atoms with van der Waals surface area (Å²) in [4.78, 5) is 37.3. The average molecular weight is 348 g/mol. The Kier molecular flexibility index (Phi) is 4.75. The highest BCUT2D eigenvalue weighted by Gasteiger charge is 2.52. The molecule has 2 atom stereocenters. The van der Waals surface area contributed by atoms with Crippen molar-refractivity contribution in [1.29, 1.82) is 0 Å². The molecule has 8 heteroatoms. The smallest absolute Gasteiger partial charge is 0.354 e. The Morgan fingerprint density at radius 2 is 2.08 bits per heavy atom. The van der Waals surface area contributed by atoms with Gasteiger partial charge in [-0.2, -0.15) is 0 Å². The Balaban J connectivity index is 1.56. The predicted octanol–water partition coefficient (Wildman–Crippen LogP) is 0.522. The summed E-state index contributed by atoms with van der Waals surface area (Å²) in [6.45, 7) is -0.176. The highest BCUT2D eigenvalue weighted by Crippen LogP contribution is 2.37. The number of hydrogen-bond acceptors (Lipinski definition) is 6. The molecule has 0 aromatic heterocycles. The van der Waals surface area contributed by atoms with Gasteiger partial charge in [0, 0.05) is 5.75 Å². The molecular formula is C16H16N2O5S. The van der Waals surface area contributed by atoms with Crippen LogP contribution in [-0.2, 0) is 19.1 Å². The fraction of sp³-hybridized carbons (Fsp3) is 0.312. The van der Waals surface area contributed by atoms with E-state index in [1.807, 2.05) is 6.07 Å². The first-order valence-electron chi connectivity index (χ1n) is 7.32. The number of nitrogens with one attached hydrogen (secondary N) is 1. The Labute approximate surface area is 143 Å². The minimum Gasteiger partial charge on any atom is -0.484 e. The number of benzene rings is 1. The van der Waals surface area contributed by atoms with E-state index in [2.05, 4.69) is 10.1 Å². The first-order valence-corrected chi connectivity index (χ1v) is 8.37. The summed E-state index contributed by atoms with van der Waals surface area (Å²) in [6, 6.07) is 8.29. The number of amides is 2. The van der Waals surface area contributed by atoms with Crippen molar-refractivity contribution in [2.75, 3.05) is 19.5 Å². The number of nitrogens with zero attached hydrogens (tertiary/aromatic N) is 1. The zero-order chi connectivity index (χ0) is 17.1. The van der Waals surface area contributed by atoms with Crippen molar-refractivity contribution in [3.05, 3.63) is 42.1 Å². The Hall–Kier alpha value is -2.48. The van der Waals surface area contributed by atoms with Crippen molar-refractivity contribution in [2.45, 2.75) is 11.4 Å². The van der Waals surface area contributed by atoms with Crippen LogP contribution in [0.3, 0.4) is 0 Å². The van der Waals surface area contributed by atoms with E-state index >= 15 is 0 Å². The molecule has 1 aromatic rings. The van der Waals surface area contributed by atoms with Gasteiger partial charge in [-0.3, -0.25) is 14.5 Å². The third-order valence-corrected chi connectivity index (χ3v) is 4.85. The average Bonchev–Trinajstić information content (AvgIpc) is 2.63. The molecule has 1 saturated heterocycles. The van der Waals surface area contributed by atoms with Gasteiger partial charge >= 0.3 is 5.97 Å². The Morgan fingerprint density at radius 3 is 2.79 bits per heavy atom. The molecule has 7 nitrogen and oxygen atoms in total. The third kappa shape index (κ3) is 3.09. The molecule has 24 heavy (non-hydrogen) atoms. The monoisotopic (exact) mass is 348 g/mol. The number of rotatable bonds is 5. The minimum atomic E-state index is -0.657. The Morgan fingerprint density at radius 1 is 1.33 bits per heavy atom. The second kappa shape index (κ2) is 6.96. The molecule has 0 radical (unpaired) electrons. The molecule has 0 aliphatic carbocycles. The first-order chi connectivity index (χ1) is 11.6. The molecule has 0 bridgehead atoms. The quantitative estimate of drug-likeness (QED) is 0.617. The number of esters is 1. The largest absolute Gasteiger partial charge is 0.484 e. The van der Waals surface area contributed by atoms with Crippen LogP contribution in [0.25, 0.3) is 0 Å². The summed E-state index contributed by atoms with van der Waals surface area (Å²) in [5.41, 5.74) is 0.234. The number of carbonyl (C=O) groups is 3. The summed E-state index contributed by atoms with van der Waals surface area (Å²) in [6.07, 6.45) is 1.65. The number of methoxy groups -OCH3 is 1. The maximum Gasteiger partial charge on any atom is 0.354 e. The fourth-order valence-corrected chi connectivity index (χ4v) is 3.71. The molecule has 126 valence electrons. The Bertz CT molecular complexity index is 691. The molecule has 1 aromatic carbocycles. The van der Waals surface area contributed by atoms with Crippen LogP contribution in [0.1, 0.15) is 0 Å². The molecule has 3 rings (SSSR count). The molecule has 2 aliphatic rings. The van der Waals surface area contributed by atoms with E-state index in [1.54, 1.807) is 30.3 Å². The van der Waals surface area contributed by atoms with Crippen LogP contribution in [0.4, 0.5) is 0 Å². The van der Waals surface area contributed by atoms with E-state index in [9.17, 15) is 14.4 Å². The van der Waals surface area contributed by atoms with Crippen LogP contribution < -0.4 is 10.1 Å².